The quantitative estimate of drug-likeness (QED) is 0.207. The Morgan fingerprint density at radius 1 is 1.13 bits per heavy atom. The summed E-state index contributed by atoms with van der Waals surface area (Å²) in [5.74, 6) is 0. The molecule has 0 spiro atoms. The zero-order valence-electron chi connectivity index (χ0n) is 16.4. The zero-order chi connectivity index (χ0) is 21.3. The molecule has 0 saturated carbocycles. The Bertz CT molecular complexity index is 980. The van der Waals surface area contributed by atoms with Crippen molar-refractivity contribution in [1.82, 2.24) is 9.55 Å². The average Bonchev–Trinajstić information content (AvgIpc) is 2.82. The average molecular weight is 534 g/mol. The number of phosphoric ester groups is 1. The normalized spacial score (nSPS) is 26.2. The molecule has 160 valence electrons. The number of H-pyrrole nitrogens is 1. The predicted octanol–water partition coefficient (Wildman–Crippen LogP) is -12.4. The molecule has 3 N–H and O–H groups in total. The number of phosphoric acid groups is 3. The second kappa shape index (κ2) is 13.9. The van der Waals surface area contributed by atoms with Crippen molar-refractivity contribution < 1.29 is 145 Å². The molecule has 1 aromatic rings. The van der Waals surface area contributed by atoms with Gasteiger partial charge in [0.25, 0.3) is 29.0 Å². The summed E-state index contributed by atoms with van der Waals surface area (Å²) in [7, 11) is -17.6. The fraction of sp³-hybridized carbons (Fsp3) is 0.556. The number of aromatic nitrogens is 2. The number of hydrogen-bond acceptors (Lipinski definition) is 13. The first-order valence-corrected chi connectivity index (χ1v) is 11.5. The van der Waals surface area contributed by atoms with Crippen LogP contribution in [-0.4, -0.2) is 38.4 Å². The van der Waals surface area contributed by atoms with E-state index in [1.54, 1.807) is 0 Å². The van der Waals surface area contributed by atoms with E-state index in [1.165, 1.54) is 0 Å². The van der Waals surface area contributed by atoms with Crippen LogP contribution in [-0.2, 0) is 31.6 Å². The molecule has 0 amide bonds. The van der Waals surface area contributed by atoms with Gasteiger partial charge in [0.1, 0.15) is 12.3 Å². The van der Waals surface area contributed by atoms with Gasteiger partial charge in [-0.05, 0) is 0 Å². The van der Waals surface area contributed by atoms with Crippen LogP contribution in [0, 0.1) is 0 Å². The van der Waals surface area contributed by atoms with Crippen LogP contribution >= 0.6 is 23.5 Å². The number of nitrogens with zero attached hydrogens (tertiary/aromatic N) is 1. The number of aliphatic hydroxyl groups is 1. The van der Waals surface area contributed by atoms with Gasteiger partial charge in [0.15, 0.2) is 0 Å². The van der Waals surface area contributed by atoms with Gasteiger partial charge in [0, 0.05) is 18.7 Å². The maximum atomic E-state index is 11.7. The zero-order valence-corrected chi connectivity index (χ0v) is 25.1. The van der Waals surface area contributed by atoms with E-state index < -0.39 is 59.8 Å². The molecule has 0 radical (unpaired) electrons. The Kier molecular flexibility index (Phi) is 15.8. The van der Waals surface area contributed by atoms with E-state index in [9.17, 15) is 43.1 Å². The second-order valence-corrected chi connectivity index (χ2v) is 9.56. The third kappa shape index (κ3) is 12.0. The van der Waals surface area contributed by atoms with E-state index in [0.717, 1.165) is 16.8 Å². The van der Waals surface area contributed by atoms with Crippen molar-refractivity contribution in [2.45, 2.75) is 24.9 Å². The number of ether oxygens (including phenoxy) is 1. The third-order valence-electron chi connectivity index (χ3n) is 3.17. The van der Waals surface area contributed by atoms with E-state index in [1.807, 2.05) is 4.98 Å². The summed E-state index contributed by atoms with van der Waals surface area (Å²) < 4.78 is 49.7. The molecule has 2 heterocycles. The van der Waals surface area contributed by atoms with Gasteiger partial charge in [-0.3, -0.25) is 28.0 Å². The van der Waals surface area contributed by atoms with Gasteiger partial charge < -0.3 is 33.9 Å². The smallest absolute Gasteiger partial charge is 0.756 e. The van der Waals surface area contributed by atoms with Crippen LogP contribution in [0.1, 0.15) is 12.6 Å². The van der Waals surface area contributed by atoms with Crippen LogP contribution in [0.5, 0.6) is 0 Å². The van der Waals surface area contributed by atoms with Gasteiger partial charge >= 0.3 is 94.4 Å². The Balaban J connectivity index is 0. The summed E-state index contributed by atoms with van der Waals surface area (Å²) in [6.07, 6.45) is -2.97. The first-order valence-electron chi connectivity index (χ1n) is 7.05. The van der Waals surface area contributed by atoms with Crippen LogP contribution in [0.4, 0.5) is 0 Å². The summed E-state index contributed by atoms with van der Waals surface area (Å²) in [5.41, 5.74) is -1.54. The van der Waals surface area contributed by atoms with Crippen molar-refractivity contribution in [2.24, 2.45) is 0 Å². The maximum absolute atomic E-state index is 11.7. The molecular formula is C9H12N2Na3O14P3. The number of rotatable bonds is 8. The van der Waals surface area contributed by atoms with E-state index in [4.69, 9.17) is 9.63 Å². The van der Waals surface area contributed by atoms with Crippen molar-refractivity contribution in [3.8, 4) is 0 Å². The van der Waals surface area contributed by atoms with Gasteiger partial charge in [-0.25, -0.2) is 13.4 Å². The van der Waals surface area contributed by atoms with Crippen molar-refractivity contribution in [3.05, 3.63) is 33.1 Å². The van der Waals surface area contributed by atoms with Crippen molar-refractivity contribution in [3.63, 3.8) is 0 Å². The molecule has 1 aromatic heterocycles. The molecule has 6 atom stereocenters. The first-order chi connectivity index (χ1) is 12.7. The predicted molar refractivity (Wildman–Crippen MR) is 79.0 cm³/mol. The molecule has 2 rings (SSSR count). The fourth-order valence-corrected chi connectivity index (χ4v) is 5.04. The summed E-state index contributed by atoms with van der Waals surface area (Å²) in [6, 6.07) is 1.00. The molecular weight excluding hydrogens is 522 g/mol. The van der Waals surface area contributed by atoms with E-state index in [-0.39, 0.29) is 95.1 Å². The number of hydrogen-bond donors (Lipinski definition) is 3. The van der Waals surface area contributed by atoms with Gasteiger partial charge in [-0.1, -0.05) is 0 Å². The van der Waals surface area contributed by atoms with Crippen molar-refractivity contribution in [1.29, 1.82) is 0 Å². The van der Waals surface area contributed by atoms with Crippen LogP contribution in [0.25, 0.3) is 0 Å². The maximum Gasteiger partial charge on any atom is 1.00 e. The van der Waals surface area contributed by atoms with Crippen molar-refractivity contribution >= 4 is 23.5 Å². The Labute approximate surface area is 240 Å². The summed E-state index contributed by atoms with van der Waals surface area (Å²) in [6.45, 7) is -0.981. The SMILES string of the molecule is O=c1ccn([C@H]2C[C@H](O)[C@@H](COP(=O)([O-])OP(=O)([O-])OP(=O)([O-])O)O2)c(=O)[nH]1.[Na+].[Na+].[Na+]. The second-order valence-electron chi connectivity index (χ2n) is 5.27. The molecule has 1 fully saturated rings. The van der Waals surface area contributed by atoms with Gasteiger partial charge in [-0.15, -0.1) is 0 Å². The number of aliphatic hydroxyl groups excluding tert-OH is 1. The Morgan fingerprint density at radius 2 is 1.71 bits per heavy atom. The minimum absolute atomic E-state index is 0. The third-order valence-corrected chi connectivity index (χ3v) is 6.86. The molecule has 31 heavy (non-hydrogen) atoms. The molecule has 0 aromatic carbocycles. The Morgan fingerprint density at radius 3 is 2.23 bits per heavy atom. The monoisotopic (exact) mass is 534 g/mol. The minimum Gasteiger partial charge on any atom is -0.756 e. The van der Waals surface area contributed by atoms with Crippen LogP contribution in [0.15, 0.2) is 21.9 Å². The molecule has 1 aliphatic heterocycles. The summed E-state index contributed by atoms with van der Waals surface area (Å²) in [4.78, 5) is 65.8. The largest absolute Gasteiger partial charge is 1.00 e. The molecule has 1 saturated heterocycles. The van der Waals surface area contributed by atoms with Gasteiger partial charge in [0.05, 0.1) is 12.7 Å². The van der Waals surface area contributed by atoms with Crippen LogP contribution in [0.2, 0.25) is 0 Å². The van der Waals surface area contributed by atoms with E-state index >= 15 is 0 Å². The topological polar surface area (TPSA) is 253 Å². The first kappa shape index (κ1) is 35.2. The Hall–Kier alpha value is 2.01. The summed E-state index contributed by atoms with van der Waals surface area (Å²) in [5, 5.41) is 9.87. The van der Waals surface area contributed by atoms with Crippen LogP contribution < -0.4 is 115 Å². The molecule has 3 unspecified atom stereocenters. The number of nitrogens with one attached hydrogen (secondary N) is 1. The van der Waals surface area contributed by atoms with E-state index in [2.05, 4.69) is 13.1 Å². The van der Waals surface area contributed by atoms with E-state index in [0.29, 0.717) is 0 Å². The molecule has 22 heteroatoms. The van der Waals surface area contributed by atoms with Gasteiger partial charge in [0.2, 0.25) is 0 Å². The fourth-order valence-electron chi connectivity index (χ4n) is 2.14. The molecule has 0 aliphatic carbocycles. The van der Waals surface area contributed by atoms with Crippen LogP contribution in [0.3, 0.4) is 0 Å². The minimum atomic E-state index is -6.04. The molecule has 16 nitrogen and oxygen atoms in total. The molecule has 0 bridgehead atoms. The van der Waals surface area contributed by atoms with Gasteiger partial charge in [-0.2, -0.15) is 0 Å². The van der Waals surface area contributed by atoms with Crippen molar-refractivity contribution in [2.75, 3.05) is 6.61 Å². The summed E-state index contributed by atoms with van der Waals surface area (Å²) >= 11 is 0. The number of aromatic amines is 1. The molecule has 1 aliphatic rings. The standard InChI is InChI=1S/C9H15N2O14P3.3Na/c12-5-3-8(11-2-1-7(13)10-9(11)14)23-6(5)4-22-27(18,19)25-28(20,21)24-26(15,16)17;;;/h1-2,5-6,8,12H,3-4H2,(H,18,19)(H,20,21)(H,10,13,14)(H2,15,16,17);;;/q;3*+1/p-3/t5-,6+,8+;;;/m0.../s1.